The Morgan fingerprint density at radius 2 is 2.09 bits per heavy atom. The SMILES string of the molecule is CC1CCCC(CC=N)CC1. The summed E-state index contributed by atoms with van der Waals surface area (Å²) in [6, 6.07) is 0. The molecular formula is C10H19N. The molecule has 0 bridgehead atoms. The fourth-order valence-corrected chi connectivity index (χ4v) is 1.97. The minimum absolute atomic E-state index is 0.831. The Hall–Kier alpha value is -0.330. The second-order valence-corrected chi connectivity index (χ2v) is 3.92. The van der Waals surface area contributed by atoms with Crippen LogP contribution in [-0.2, 0) is 0 Å². The van der Waals surface area contributed by atoms with E-state index in [1.54, 1.807) is 6.21 Å². The fraction of sp³-hybridized carbons (Fsp3) is 0.900. The molecule has 0 aliphatic heterocycles. The summed E-state index contributed by atoms with van der Waals surface area (Å²) in [6.45, 7) is 2.35. The van der Waals surface area contributed by atoms with Crippen molar-refractivity contribution in [3.05, 3.63) is 0 Å². The van der Waals surface area contributed by atoms with Crippen LogP contribution in [0.15, 0.2) is 0 Å². The zero-order chi connectivity index (χ0) is 8.10. The van der Waals surface area contributed by atoms with Crippen molar-refractivity contribution in [2.24, 2.45) is 11.8 Å². The van der Waals surface area contributed by atoms with Crippen LogP contribution >= 0.6 is 0 Å². The van der Waals surface area contributed by atoms with Gasteiger partial charge in [0.1, 0.15) is 0 Å². The lowest BCUT2D eigenvalue weighted by Gasteiger charge is -2.09. The third-order valence-corrected chi connectivity index (χ3v) is 2.83. The number of hydrogen-bond donors (Lipinski definition) is 1. The molecule has 1 fully saturated rings. The van der Waals surface area contributed by atoms with Crippen molar-refractivity contribution < 1.29 is 0 Å². The molecule has 0 aromatic rings. The van der Waals surface area contributed by atoms with Gasteiger partial charge >= 0.3 is 0 Å². The first-order chi connectivity index (χ1) is 5.33. The quantitative estimate of drug-likeness (QED) is 0.465. The molecule has 0 amide bonds. The summed E-state index contributed by atoms with van der Waals surface area (Å²) in [6.07, 6.45) is 9.51. The summed E-state index contributed by atoms with van der Waals surface area (Å²) in [7, 11) is 0. The van der Waals surface area contributed by atoms with Gasteiger partial charge in [-0.25, -0.2) is 0 Å². The second kappa shape index (κ2) is 4.53. The molecule has 1 aliphatic rings. The van der Waals surface area contributed by atoms with Crippen molar-refractivity contribution in [1.82, 2.24) is 0 Å². The maximum Gasteiger partial charge on any atom is -0.00450 e. The highest BCUT2D eigenvalue weighted by atomic mass is 14.3. The number of rotatable bonds is 2. The van der Waals surface area contributed by atoms with Crippen molar-refractivity contribution in [3.8, 4) is 0 Å². The molecule has 2 atom stereocenters. The predicted octanol–water partition coefficient (Wildman–Crippen LogP) is 3.24. The van der Waals surface area contributed by atoms with Gasteiger partial charge in [-0.05, 0) is 30.9 Å². The molecule has 1 nitrogen and oxygen atoms in total. The van der Waals surface area contributed by atoms with E-state index in [0.717, 1.165) is 18.3 Å². The normalized spacial score (nSPS) is 32.8. The van der Waals surface area contributed by atoms with Crippen LogP contribution in [0.5, 0.6) is 0 Å². The fourth-order valence-electron chi connectivity index (χ4n) is 1.97. The van der Waals surface area contributed by atoms with E-state index in [4.69, 9.17) is 5.41 Å². The lowest BCUT2D eigenvalue weighted by atomic mass is 9.96. The van der Waals surface area contributed by atoms with Gasteiger partial charge in [-0.1, -0.05) is 32.6 Å². The third-order valence-electron chi connectivity index (χ3n) is 2.83. The summed E-state index contributed by atoms with van der Waals surface area (Å²) in [5.41, 5.74) is 0. The van der Waals surface area contributed by atoms with E-state index in [-0.39, 0.29) is 0 Å². The summed E-state index contributed by atoms with van der Waals surface area (Å²) >= 11 is 0. The monoisotopic (exact) mass is 153 g/mol. The van der Waals surface area contributed by atoms with Crippen molar-refractivity contribution in [3.63, 3.8) is 0 Å². The van der Waals surface area contributed by atoms with Crippen LogP contribution in [0.3, 0.4) is 0 Å². The van der Waals surface area contributed by atoms with Crippen molar-refractivity contribution in [2.45, 2.75) is 45.4 Å². The van der Waals surface area contributed by atoms with Gasteiger partial charge in [0.15, 0.2) is 0 Å². The van der Waals surface area contributed by atoms with Gasteiger partial charge in [-0.15, -0.1) is 0 Å². The molecule has 1 rings (SSSR count). The van der Waals surface area contributed by atoms with E-state index in [1.165, 1.54) is 32.1 Å². The molecule has 1 N–H and O–H groups in total. The molecule has 1 saturated carbocycles. The zero-order valence-electron chi connectivity index (χ0n) is 7.47. The summed E-state index contributed by atoms with van der Waals surface area (Å²) < 4.78 is 0. The first-order valence-electron chi connectivity index (χ1n) is 4.82. The van der Waals surface area contributed by atoms with E-state index in [0.29, 0.717) is 0 Å². The van der Waals surface area contributed by atoms with Gasteiger partial charge in [0.2, 0.25) is 0 Å². The number of nitrogens with one attached hydrogen (secondary N) is 1. The smallest absolute Gasteiger partial charge is 0.00450 e. The highest BCUT2D eigenvalue weighted by Gasteiger charge is 2.14. The van der Waals surface area contributed by atoms with E-state index >= 15 is 0 Å². The first kappa shape index (κ1) is 8.76. The van der Waals surface area contributed by atoms with Gasteiger partial charge in [0.05, 0.1) is 0 Å². The highest BCUT2D eigenvalue weighted by molar-refractivity contribution is 5.53. The molecule has 0 radical (unpaired) electrons. The molecule has 0 aromatic carbocycles. The van der Waals surface area contributed by atoms with Gasteiger partial charge in [0, 0.05) is 0 Å². The van der Waals surface area contributed by atoms with E-state index in [2.05, 4.69) is 6.92 Å². The van der Waals surface area contributed by atoms with Gasteiger partial charge in [0.25, 0.3) is 0 Å². The summed E-state index contributed by atoms with van der Waals surface area (Å²) in [5.74, 6) is 1.77. The largest absolute Gasteiger partial charge is 0.313 e. The van der Waals surface area contributed by atoms with Crippen LogP contribution in [0.25, 0.3) is 0 Å². The van der Waals surface area contributed by atoms with Crippen LogP contribution in [0.1, 0.15) is 45.4 Å². The molecule has 1 aliphatic carbocycles. The first-order valence-corrected chi connectivity index (χ1v) is 4.82. The van der Waals surface area contributed by atoms with Crippen LogP contribution < -0.4 is 0 Å². The topological polar surface area (TPSA) is 23.9 Å². The minimum Gasteiger partial charge on any atom is -0.313 e. The highest BCUT2D eigenvalue weighted by Crippen LogP contribution is 2.27. The Kier molecular flexibility index (Phi) is 3.61. The molecule has 1 heteroatoms. The van der Waals surface area contributed by atoms with E-state index in [9.17, 15) is 0 Å². The van der Waals surface area contributed by atoms with Crippen LogP contribution in [0, 0.1) is 17.2 Å². The molecule has 0 aromatic heterocycles. The molecule has 2 unspecified atom stereocenters. The standard InChI is InChI=1S/C10H19N/c1-9-3-2-4-10(6-5-9)7-8-11/h8-11H,2-7H2,1H3. The lowest BCUT2D eigenvalue weighted by Crippen LogP contribution is -1.98. The average Bonchev–Trinajstić information content (AvgIpc) is 2.17. The Bertz CT molecular complexity index is 120. The summed E-state index contributed by atoms with van der Waals surface area (Å²) in [4.78, 5) is 0. The van der Waals surface area contributed by atoms with Gasteiger partial charge in [-0.2, -0.15) is 0 Å². The summed E-state index contributed by atoms with van der Waals surface area (Å²) in [5, 5.41) is 7.04. The molecule has 0 spiro atoms. The molecule has 0 saturated heterocycles. The van der Waals surface area contributed by atoms with Crippen LogP contribution in [0.4, 0.5) is 0 Å². The Labute approximate surface area is 69.7 Å². The minimum atomic E-state index is 0.831. The molecular weight excluding hydrogens is 134 g/mol. The van der Waals surface area contributed by atoms with E-state index in [1.807, 2.05) is 0 Å². The maximum absolute atomic E-state index is 7.04. The second-order valence-electron chi connectivity index (χ2n) is 3.92. The van der Waals surface area contributed by atoms with Crippen molar-refractivity contribution >= 4 is 6.21 Å². The predicted molar refractivity (Wildman–Crippen MR) is 49.1 cm³/mol. The average molecular weight is 153 g/mol. The Morgan fingerprint density at radius 3 is 2.82 bits per heavy atom. The third kappa shape index (κ3) is 3.04. The molecule has 0 heterocycles. The van der Waals surface area contributed by atoms with Crippen LogP contribution in [-0.4, -0.2) is 6.21 Å². The van der Waals surface area contributed by atoms with Gasteiger partial charge < -0.3 is 5.41 Å². The number of hydrogen-bond acceptors (Lipinski definition) is 1. The molecule has 64 valence electrons. The Morgan fingerprint density at radius 1 is 1.27 bits per heavy atom. The van der Waals surface area contributed by atoms with Crippen molar-refractivity contribution in [2.75, 3.05) is 0 Å². The lowest BCUT2D eigenvalue weighted by molar-refractivity contribution is 0.460. The zero-order valence-corrected chi connectivity index (χ0v) is 7.47. The molecule has 11 heavy (non-hydrogen) atoms. The maximum atomic E-state index is 7.04. The van der Waals surface area contributed by atoms with Crippen molar-refractivity contribution in [1.29, 1.82) is 5.41 Å². The van der Waals surface area contributed by atoms with Crippen LogP contribution in [0.2, 0.25) is 0 Å². The Balaban J connectivity index is 2.27. The van der Waals surface area contributed by atoms with E-state index < -0.39 is 0 Å². The van der Waals surface area contributed by atoms with Gasteiger partial charge in [-0.3, -0.25) is 0 Å².